The minimum absolute atomic E-state index is 0.290. The predicted octanol–water partition coefficient (Wildman–Crippen LogP) is 3.12. The van der Waals surface area contributed by atoms with Crippen LogP contribution >= 0.6 is 31.9 Å². The Balaban J connectivity index is 1.78. The minimum atomic E-state index is -3.51. The van der Waals surface area contributed by atoms with Gasteiger partial charge in [-0.3, -0.25) is 0 Å². The molecule has 0 aliphatic carbocycles. The van der Waals surface area contributed by atoms with Gasteiger partial charge in [0.25, 0.3) is 0 Å². The molecule has 1 saturated heterocycles. The number of rotatable bonds is 3. The van der Waals surface area contributed by atoms with Gasteiger partial charge in [-0.15, -0.1) is 0 Å². The molecule has 1 aromatic carbocycles. The zero-order valence-electron chi connectivity index (χ0n) is 12.2. The Kier molecular flexibility index (Phi) is 5.05. The molecule has 0 unspecified atom stereocenters. The summed E-state index contributed by atoms with van der Waals surface area (Å²) in [5.74, 6) is 0.883. The molecule has 23 heavy (non-hydrogen) atoms. The van der Waals surface area contributed by atoms with Gasteiger partial charge in [0.15, 0.2) is 0 Å². The Morgan fingerprint density at radius 1 is 1.00 bits per heavy atom. The molecule has 0 N–H and O–H groups in total. The van der Waals surface area contributed by atoms with Crippen LogP contribution in [-0.4, -0.2) is 43.9 Å². The van der Waals surface area contributed by atoms with Crippen molar-refractivity contribution in [3.05, 3.63) is 51.5 Å². The molecule has 2 aromatic rings. The molecular weight excluding hydrogens is 446 g/mol. The van der Waals surface area contributed by atoms with Crippen LogP contribution in [0.5, 0.6) is 0 Å². The fourth-order valence-corrected chi connectivity index (χ4v) is 5.40. The van der Waals surface area contributed by atoms with Gasteiger partial charge in [0.2, 0.25) is 10.0 Å². The Bertz CT molecular complexity index is 792. The third kappa shape index (κ3) is 3.60. The van der Waals surface area contributed by atoms with E-state index in [1.54, 1.807) is 18.3 Å². The summed E-state index contributed by atoms with van der Waals surface area (Å²) in [5.41, 5.74) is 0. The number of benzene rings is 1. The SMILES string of the molecule is O=S(=O)(c1cc(Br)ccc1Br)N1CCN(c2ccccn2)CC1. The van der Waals surface area contributed by atoms with E-state index in [2.05, 4.69) is 41.7 Å². The van der Waals surface area contributed by atoms with Crippen molar-refractivity contribution in [3.63, 3.8) is 0 Å². The van der Waals surface area contributed by atoms with Gasteiger partial charge in [-0.2, -0.15) is 4.31 Å². The maximum Gasteiger partial charge on any atom is 0.244 e. The lowest BCUT2D eigenvalue weighted by Gasteiger charge is -2.34. The van der Waals surface area contributed by atoms with Crippen LogP contribution in [0.25, 0.3) is 0 Å². The number of nitrogens with zero attached hydrogens (tertiary/aromatic N) is 3. The maximum absolute atomic E-state index is 12.8. The average molecular weight is 461 g/mol. The van der Waals surface area contributed by atoms with Gasteiger partial charge in [-0.1, -0.05) is 22.0 Å². The molecule has 2 heterocycles. The lowest BCUT2D eigenvalue weighted by atomic mass is 10.3. The Hall–Kier alpha value is -0.960. The number of halogens is 2. The molecule has 0 atom stereocenters. The van der Waals surface area contributed by atoms with Gasteiger partial charge in [0.05, 0.1) is 4.90 Å². The molecule has 0 radical (unpaired) electrons. The average Bonchev–Trinajstić information content (AvgIpc) is 2.58. The van der Waals surface area contributed by atoms with Gasteiger partial charge in [0.1, 0.15) is 5.82 Å². The Morgan fingerprint density at radius 2 is 1.74 bits per heavy atom. The first kappa shape index (κ1) is 16.9. The number of anilines is 1. The van der Waals surface area contributed by atoms with Crippen LogP contribution in [0.4, 0.5) is 5.82 Å². The van der Waals surface area contributed by atoms with Crippen molar-refractivity contribution in [2.24, 2.45) is 0 Å². The van der Waals surface area contributed by atoms with Crippen molar-refractivity contribution < 1.29 is 8.42 Å². The highest BCUT2D eigenvalue weighted by Crippen LogP contribution is 2.29. The molecule has 8 heteroatoms. The van der Waals surface area contributed by atoms with E-state index in [-0.39, 0.29) is 4.90 Å². The summed E-state index contributed by atoms with van der Waals surface area (Å²) in [7, 11) is -3.51. The fraction of sp³-hybridized carbons (Fsp3) is 0.267. The Labute approximate surface area is 152 Å². The van der Waals surface area contributed by atoms with Crippen LogP contribution in [-0.2, 0) is 10.0 Å². The van der Waals surface area contributed by atoms with Crippen molar-refractivity contribution in [2.45, 2.75) is 4.90 Å². The van der Waals surface area contributed by atoms with Crippen molar-refractivity contribution in [1.82, 2.24) is 9.29 Å². The van der Waals surface area contributed by atoms with Crippen molar-refractivity contribution in [1.29, 1.82) is 0 Å². The second-order valence-electron chi connectivity index (χ2n) is 5.15. The molecule has 0 saturated carbocycles. The highest BCUT2D eigenvalue weighted by molar-refractivity contribution is 9.11. The molecule has 122 valence electrons. The number of pyridine rings is 1. The molecule has 1 fully saturated rings. The summed E-state index contributed by atoms with van der Waals surface area (Å²) in [5, 5.41) is 0. The molecule has 0 amide bonds. The zero-order chi connectivity index (χ0) is 16.4. The van der Waals surface area contributed by atoms with Gasteiger partial charge in [0, 0.05) is 41.3 Å². The smallest absolute Gasteiger partial charge is 0.244 e. The van der Waals surface area contributed by atoms with Gasteiger partial charge in [-0.25, -0.2) is 13.4 Å². The van der Waals surface area contributed by atoms with Crippen LogP contribution in [0.15, 0.2) is 56.4 Å². The van der Waals surface area contributed by atoms with E-state index in [4.69, 9.17) is 0 Å². The van der Waals surface area contributed by atoms with E-state index < -0.39 is 10.0 Å². The summed E-state index contributed by atoms with van der Waals surface area (Å²) >= 11 is 6.67. The lowest BCUT2D eigenvalue weighted by molar-refractivity contribution is 0.383. The van der Waals surface area contributed by atoms with E-state index in [0.29, 0.717) is 30.7 Å². The highest BCUT2D eigenvalue weighted by Gasteiger charge is 2.30. The van der Waals surface area contributed by atoms with Crippen LogP contribution in [0.1, 0.15) is 0 Å². The molecule has 3 rings (SSSR count). The van der Waals surface area contributed by atoms with Crippen molar-refractivity contribution >= 4 is 47.7 Å². The van der Waals surface area contributed by atoms with Crippen LogP contribution in [0, 0.1) is 0 Å². The molecule has 0 bridgehead atoms. The summed E-state index contributed by atoms with van der Waals surface area (Å²) in [6.07, 6.45) is 1.75. The lowest BCUT2D eigenvalue weighted by Crippen LogP contribution is -2.49. The second-order valence-corrected chi connectivity index (χ2v) is 8.83. The van der Waals surface area contributed by atoms with E-state index in [1.807, 2.05) is 24.3 Å². The van der Waals surface area contributed by atoms with Gasteiger partial charge in [-0.05, 0) is 46.3 Å². The molecule has 5 nitrogen and oxygen atoms in total. The van der Waals surface area contributed by atoms with Crippen molar-refractivity contribution in [3.8, 4) is 0 Å². The quantitative estimate of drug-likeness (QED) is 0.706. The molecular formula is C15H15Br2N3O2S. The number of hydrogen-bond donors (Lipinski definition) is 0. The van der Waals surface area contributed by atoms with Crippen molar-refractivity contribution in [2.75, 3.05) is 31.1 Å². The molecule has 1 aliphatic heterocycles. The van der Waals surface area contributed by atoms with Crippen LogP contribution < -0.4 is 4.90 Å². The summed E-state index contributed by atoms with van der Waals surface area (Å²) < 4.78 is 28.5. The third-order valence-corrected chi connectivity index (χ3v) is 7.11. The molecule has 0 spiro atoms. The van der Waals surface area contributed by atoms with Gasteiger partial charge >= 0.3 is 0 Å². The first-order chi connectivity index (χ1) is 11.0. The van der Waals surface area contributed by atoms with Crippen LogP contribution in [0.3, 0.4) is 0 Å². The normalized spacial score (nSPS) is 16.5. The molecule has 1 aromatic heterocycles. The number of aromatic nitrogens is 1. The number of hydrogen-bond acceptors (Lipinski definition) is 4. The number of sulfonamides is 1. The second kappa shape index (κ2) is 6.88. The van der Waals surface area contributed by atoms with Gasteiger partial charge < -0.3 is 4.90 Å². The monoisotopic (exact) mass is 459 g/mol. The van der Waals surface area contributed by atoms with E-state index in [9.17, 15) is 8.42 Å². The first-order valence-electron chi connectivity index (χ1n) is 7.10. The standard InChI is InChI=1S/C15H15Br2N3O2S/c16-12-4-5-13(17)14(11-12)23(21,22)20-9-7-19(8-10-20)15-3-1-2-6-18-15/h1-6,11H,7-10H2. The largest absolute Gasteiger partial charge is 0.354 e. The first-order valence-corrected chi connectivity index (χ1v) is 10.1. The van der Waals surface area contributed by atoms with E-state index in [1.165, 1.54) is 4.31 Å². The Morgan fingerprint density at radius 3 is 2.39 bits per heavy atom. The molecule has 1 aliphatic rings. The van der Waals surface area contributed by atoms with Crippen LogP contribution in [0.2, 0.25) is 0 Å². The maximum atomic E-state index is 12.8. The number of piperazine rings is 1. The zero-order valence-corrected chi connectivity index (χ0v) is 16.2. The highest BCUT2D eigenvalue weighted by atomic mass is 79.9. The topological polar surface area (TPSA) is 53.5 Å². The van der Waals surface area contributed by atoms with E-state index in [0.717, 1.165) is 10.3 Å². The fourth-order valence-electron chi connectivity index (χ4n) is 2.51. The minimum Gasteiger partial charge on any atom is -0.354 e. The third-order valence-electron chi connectivity index (χ3n) is 3.72. The summed E-state index contributed by atoms with van der Waals surface area (Å²) in [6, 6.07) is 10.9. The summed E-state index contributed by atoms with van der Waals surface area (Å²) in [4.78, 5) is 6.71. The predicted molar refractivity (Wildman–Crippen MR) is 97.1 cm³/mol. The summed E-state index contributed by atoms with van der Waals surface area (Å²) in [6.45, 7) is 2.14. The van der Waals surface area contributed by atoms with E-state index >= 15 is 0 Å².